The summed E-state index contributed by atoms with van der Waals surface area (Å²) in [6, 6.07) is 14.6. The summed E-state index contributed by atoms with van der Waals surface area (Å²) in [6.07, 6.45) is 2.17. The molecule has 2 rings (SSSR count). The lowest BCUT2D eigenvalue weighted by Crippen LogP contribution is -2.19. The number of hydrogen-bond donors (Lipinski definition) is 2. The van der Waals surface area contributed by atoms with Gasteiger partial charge in [0.2, 0.25) is 0 Å². The molecule has 0 radical (unpaired) electrons. The lowest BCUT2D eigenvalue weighted by molar-refractivity contribution is 0.262. The number of urea groups is 1. The molecule has 0 aliphatic carbocycles. The number of nitrogens with one attached hydrogen (secondary N) is 2. The van der Waals surface area contributed by atoms with Crippen LogP contribution in [0.1, 0.15) is 18.9 Å². The fourth-order valence-corrected chi connectivity index (χ4v) is 2.00. The van der Waals surface area contributed by atoms with Crippen molar-refractivity contribution in [2.75, 3.05) is 10.6 Å². The zero-order valence-electron chi connectivity index (χ0n) is 11.3. The van der Waals surface area contributed by atoms with Gasteiger partial charge < -0.3 is 10.6 Å². The van der Waals surface area contributed by atoms with E-state index in [1.54, 1.807) is 24.3 Å². The molecule has 20 heavy (non-hydrogen) atoms. The molecular formula is C16H17ClN2O. The van der Waals surface area contributed by atoms with Crippen molar-refractivity contribution in [3.63, 3.8) is 0 Å². The van der Waals surface area contributed by atoms with Crippen LogP contribution in [-0.2, 0) is 6.42 Å². The monoisotopic (exact) mass is 288 g/mol. The molecule has 0 spiro atoms. The Bertz CT molecular complexity index is 564. The highest BCUT2D eigenvalue weighted by Crippen LogP contribution is 2.15. The molecular weight excluding hydrogens is 272 g/mol. The second-order valence-corrected chi connectivity index (χ2v) is 4.97. The van der Waals surface area contributed by atoms with Gasteiger partial charge in [0.25, 0.3) is 0 Å². The average Bonchev–Trinajstić information content (AvgIpc) is 2.44. The van der Waals surface area contributed by atoms with Crippen LogP contribution in [0.2, 0.25) is 5.02 Å². The van der Waals surface area contributed by atoms with Crippen LogP contribution in [-0.4, -0.2) is 6.03 Å². The van der Waals surface area contributed by atoms with Crippen LogP contribution < -0.4 is 10.6 Å². The van der Waals surface area contributed by atoms with Crippen molar-refractivity contribution < 1.29 is 4.79 Å². The fourth-order valence-electron chi connectivity index (χ4n) is 1.87. The van der Waals surface area contributed by atoms with Gasteiger partial charge in [-0.25, -0.2) is 4.79 Å². The summed E-state index contributed by atoms with van der Waals surface area (Å²) in [5, 5.41) is 6.18. The summed E-state index contributed by atoms with van der Waals surface area (Å²) < 4.78 is 0. The van der Waals surface area contributed by atoms with Crippen LogP contribution in [0.15, 0.2) is 48.5 Å². The third kappa shape index (κ3) is 4.28. The minimum Gasteiger partial charge on any atom is -0.308 e. The summed E-state index contributed by atoms with van der Waals surface area (Å²) in [4.78, 5) is 11.8. The number of halogens is 1. The summed E-state index contributed by atoms with van der Waals surface area (Å²) in [7, 11) is 0. The number of carbonyl (C=O) groups excluding carboxylic acids is 1. The second kappa shape index (κ2) is 6.96. The minimum atomic E-state index is -0.268. The number of hydrogen-bond acceptors (Lipinski definition) is 1. The van der Waals surface area contributed by atoms with Gasteiger partial charge in [-0.2, -0.15) is 0 Å². The Morgan fingerprint density at radius 2 is 1.45 bits per heavy atom. The molecule has 2 N–H and O–H groups in total. The zero-order valence-corrected chi connectivity index (χ0v) is 12.1. The van der Waals surface area contributed by atoms with Crippen LogP contribution in [0.25, 0.3) is 0 Å². The van der Waals surface area contributed by atoms with Crippen LogP contribution >= 0.6 is 11.6 Å². The van der Waals surface area contributed by atoms with E-state index in [0.29, 0.717) is 10.7 Å². The van der Waals surface area contributed by atoms with Gasteiger partial charge in [0, 0.05) is 16.4 Å². The molecule has 3 nitrogen and oxygen atoms in total. The van der Waals surface area contributed by atoms with Crippen molar-refractivity contribution >= 4 is 29.0 Å². The Morgan fingerprint density at radius 3 is 1.95 bits per heavy atom. The van der Waals surface area contributed by atoms with E-state index >= 15 is 0 Å². The molecule has 2 aromatic carbocycles. The largest absolute Gasteiger partial charge is 0.323 e. The van der Waals surface area contributed by atoms with Crippen molar-refractivity contribution in [2.45, 2.75) is 19.8 Å². The van der Waals surface area contributed by atoms with Gasteiger partial charge >= 0.3 is 6.03 Å². The molecule has 0 heterocycles. The Morgan fingerprint density at radius 1 is 0.950 bits per heavy atom. The Kier molecular flexibility index (Phi) is 5.02. The van der Waals surface area contributed by atoms with E-state index in [-0.39, 0.29) is 6.03 Å². The Labute approximate surface area is 124 Å². The molecule has 4 heteroatoms. The Hall–Kier alpha value is -2.00. The lowest BCUT2D eigenvalue weighted by atomic mass is 10.1. The third-order valence-corrected chi connectivity index (χ3v) is 3.10. The molecule has 0 aliphatic heterocycles. The third-order valence-electron chi connectivity index (χ3n) is 2.85. The molecule has 0 saturated heterocycles. The van der Waals surface area contributed by atoms with Gasteiger partial charge in [-0.15, -0.1) is 0 Å². The van der Waals surface area contributed by atoms with Gasteiger partial charge in [0.1, 0.15) is 0 Å². The molecule has 0 aliphatic rings. The number of anilines is 2. The van der Waals surface area contributed by atoms with E-state index in [1.807, 2.05) is 24.3 Å². The van der Waals surface area contributed by atoms with Crippen molar-refractivity contribution in [3.8, 4) is 0 Å². The molecule has 2 aromatic rings. The molecule has 0 atom stereocenters. The highest BCUT2D eigenvalue weighted by molar-refractivity contribution is 6.30. The maximum Gasteiger partial charge on any atom is 0.323 e. The molecule has 0 bridgehead atoms. The summed E-state index contributed by atoms with van der Waals surface area (Å²) in [6.45, 7) is 2.14. The summed E-state index contributed by atoms with van der Waals surface area (Å²) >= 11 is 5.79. The quantitative estimate of drug-likeness (QED) is 0.822. The standard InChI is InChI=1S/C16H17ClN2O/c1-2-3-12-4-8-14(9-5-12)18-16(20)19-15-10-6-13(17)7-11-15/h4-11H,2-3H2,1H3,(H2,18,19,20). The maximum absolute atomic E-state index is 11.8. The van der Waals surface area contributed by atoms with Gasteiger partial charge in [-0.05, 0) is 48.4 Å². The number of rotatable bonds is 4. The first-order valence-electron chi connectivity index (χ1n) is 6.60. The van der Waals surface area contributed by atoms with E-state index in [0.717, 1.165) is 18.5 Å². The highest BCUT2D eigenvalue weighted by atomic mass is 35.5. The van der Waals surface area contributed by atoms with Crippen LogP contribution in [0, 0.1) is 0 Å². The van der Waals surface area contributed by atoms with Crippen molar-refractivity contribution in [3.05, 3.63) is 59.1 Å². The van der Waals surface area contributed by atoms with Crippen molar-refractivity contribution in [1.29, 1.82) is 0 Å². The Balaban J connectivity index is 1.92. The van der Waals surface area contributed by atoms with Gasteiger partial charge in [-0.3, -0.25) is 0 Å². The van der Waals surface area contributed by atoms with Crippen LogP contribution in [0.4, 0.5) is 16.2 Å². The normalized spacial score (nSPS) is 10.1. The lowest BCUT2D eigenvalue weighted by Gasteiger charge is -2.08. The van der Waals surface area contributed by atoms with E-state index in [1.165, 1.54) is 5.56 Å². The van der Waals surface area contributed by atoms with Crippen LogP contribution in [0.5, 0.6) is 0 Å². The fraction of sp³-hybridized carbons (Fsp3) is 0.188. The van der Waals surface area contributed by atoms with E-state index in [2.05, 4.69) is 17.6 Å². The molecule has 0 fully saturated rings. The van der Waals surface area contributed by atoms with Crippen LogP contribution in [0.3, 0.4) is 0 Å². The number of amides is 2. The SMILES string of the molecule is CCCc1ccc(NC(=O)Nc2ccc(Cl)cc2)cc1. The predicted octanol–water partition coefficient (Wildman–Crippen LogP) is 4.94. The first-order chi connectivity index (χ1) is 9.67. The first-order valence-corrected chi connectivity index (χ1v) is 6.97. The smallest absolute Gasteiger partial charge is 0.308 e. The molecule has 0 unspecified atom stereocenters. The summed E-state index contributed by atoms with van der Waals surface area (Å²) in [5.74, 6) is 0. The molecule has 104 valence electrons. The molecule has 0 saturated carbocycles. The first kappa shape index (κ1) is 14.4. The van der Waals surface area contributed by atoms with E-state index in [4.69, 9.17) is 11.6 Å². The zero-order chi connectivity index (χ0) is 14.4. The second-order valence-electron chi connectivity index (χ2n) is 4.53. The molecule has 0 aromatic heterocycles. The van der Waals surface area contributed by atoms with E-state index in [9.17, 15) is 4.79 Å². The topological polar surface area (TPSA) is 41.1 Å². The number of carbonyl (C=O) groups is 1. The number of aryl methyl sites for hydroxylation is 1. The summed E-state index contributed by atoms with van der Waals surface area (Å²) in [5.41, 5.74) is 2.75. The number of benzene rings is 2. The van der Waals surface area contributed by atoms with Crippen molar-refractivity contribution in [1.82, 2.24) is 0 Å². The minimum absolute atomic E-state index is 0.268. The maximum atomic E-state index is 11.8. The van der Waals surface area contributed by atoms with E-state index < -0.39 is 0 Å². The molecule has 2 amide bonds. The predicted molar refractivity (Wildman–Crippen MR) is 84.5 cm³/mol. The van der Waals surface area contributed by atoms with Gasteiger partial charge in [0.15, 0.2) is 0 Å². The van der Waals surface area contributed by atoms with Gasteiger partial charge in [0.05, 0.1) is 0 Å². The van der Waals surface area contributed by atoms with Gasteiger partial charge in [-0.1, -0.05) is 37.1 Å². The highest BCUT2D eigenvalue weighted by Gasteiger charge is 2.02. The average molecular weight is 289 g/mol. The van der Waals surface area contributed by atoms with Crippen molar-refractivity contribution in [2.24, 2.45) is 0 Å².